The van der Waals surface area contributed by atoms with Gasteiger partial charge in [0.15, 0.2) is 0 Å². The topological polar surface area (TPSA) is 67.7 Å². The van der Waals surface area contributed by atoms with Crippen molar-refractivity contribution in [2.24, 2.45) is 0 Å². The number of hydrogen-bond acceptors (Lipinski definition) is 6. The van der Waals surface area contributed by atoms with Gasteiger partial charge in [-0.25, -0.2) is 9.97 Å². The number of para-hydroxylation sites is 1. The third-order valence-corrected chi connectivity index (χ3v) is 3.98. The standard InChI is InChI=1S/C18H23N3O3/c1-2-23-18-16-11-21(9-8-17(16)19-13-20-18)10-14(22)12-24-15-6-4-3-5-7-15/h3-7,13-14,22H,2,8-12H2,1H3. The maximum absolute atomic E-state index is 10.3. The van der Waals surface area contributed by atoms with E-state index in [0.29, 0.717) is 25.6 Å². The normalized spacial score (nSPS) is 15.6. The molecule has 3 rings (SSSR count). The maximum Gasteiger partial charge on any atom is 0.221 e. The molecule has 2 aromatic rings. The van der Waals surface area contributed by atoms with E-state index in [2.05, 4.69) is 14.9 Å². The van der Waals surface area contributed by atoms with Crippen LogP contribution in [0.25, 0.3) is 0 Å². The molecule has 128 valence electrons. The molecule has 2 heterocycles. The lowest BCUT2D eigenvalue weighted by Gasteiger charge is -2.30. The zero-order valence-electron chi connectivity index (χ0n) is 13.9. The predicted octanol–water partition coefficient (Wildman–Crippen LogP) is 1.67. The predicted molar refractivity (Wildman–Crippen MR) is 90.1 cm³/mol. The van der Waals surface area contributed by atoms with Crippen molar-refractivity contribution in [3.63, 3.8) is 0 Å². The molecule has 6 heteroatoms. The van der Waals surface area contributed by atoms with Crippen LogP contribution in [0, 0.1) is 0 Å². The molecular weight excluding hydrogens is 306 g/mol. The molecule has 1 atom stereocenters. The van der Waals surface area contributed by atoms with Gasteiger partial charge >= 0.3 is 0 Å². The van der Waals surface area contributed by atoms with E-state index in [9.17, 15) is 5.11 Å². The van der Waals surface area contributed by atoms with Crippen molar-refractivity contribution in [3.8, 4) is 11.6 Å². The number of benzene rings is 1. The highest BCUT2D eigenvalue weighted by Gasteiger charge is 2.23. The summed E-state index contributed by atoms with van der Waals surface area (Å²) >= 11 is 0. The number of β-amino-alcohol motifs (C(OH)–C–C–N with tert-alkyl or cyclic N) is 1. The van der Waals surface area contributed by atoms with Crippen molar-refractivity contribution in [1.82, 2.24) is 14.9 Å². The summed E-state index contributed by atoms with van der Waals surface area (Å²) in [5.41, 5.74) is 2.07. The van der Waals surface area contributed by atoms with Gasteiger partial charge in [-0.05, 0) is 19.1 Å². The monoisotopic (exact) mass is 329 g/mol. The van der Waals surface area contributed by atoms with Crippen LogP contribution >= 0.6 is 0 Å². The summed E-state index contributed by atoms with van der Waals surface area (Å²) in [4.78, 5) is 10.8. The third-order valence-electron chi connectivity index (χ3n) is 3.98. The largest absolute Gasteiger partial charge is 0.491 e. The molecular formula is C18H23N3O3. The number of rotatable bonds is 7. The molecule has 1 unspecified atom stereocenters. The minimum absolute atomic E-state index is 0.275. The Morgan fingerprint density at radius 1 is 1.21 bits per heavy atom. The van der Waals surface area contributed by atoms with E-state index < -0.39 is 6.10 Å². The van der Waals surface area contributed by atoms with Crippen LogP contribution in [0.5, 0.6) is 11.6 Å². The summed E-state index contributed by atoms with van der Waals surface area (Å²) in [5, 5.41) is 10.3. The van der Waals surface area contributed by atoms with Gasteiger partial charge in [-0.15, -0.1) is 0 Å². The Labute approximate surface area is 142 Å². The zero-order chi connectivity index (χ0) is 16.8. The van der Waals surface area contributed by atoms with E-state index in [1.807, 2.05) is 37.3 Å². The Morgan fingerprint density at radius 3 is 2.83 bits per heavy atom. The highest BCUT2D eigenvalue weighted by molar-refractivity contribution is 5.31. The van der Waals surface area contributed by atoms with Gasteiger partial charge < -0.3 is 14.6 Å². The molecule has 6 nitrogen and oxygen atoms in total. The highest BCUT2D eigenvalue weighted by Crippen LogP contribution is 2.24. The maximum atomic E-state index is 10.3. The Hall–Kier alpha value is -2.18. The van der Waals surface area contributed by atoms with Gasteiger partial charge in [0, 0.05) is 31.6 Å². The van der Waals surface area contributed by atoms with Crippen LogP contribution in [0.4, 0.5) is 0 Å². The molecule has 1 aliphatic rings. The van der Waals surface area contributed by atoms with Gasteiger partial charge in [0.25, 0.3) is 0 Å². The van der Waals surface area contributed by atoms with Crippen LogP contribution in [0.3, 0.4) is 0 Å². The lowest BCUT2D eigenvalue weighted by molar-refractivity contribution is 0.0629. The average Bonchev–Trinajstić information content (AvgIpc) is 2.62. The molecule has 1 aromatic heterocycles. The number of hydrogen-bond donors (Lipinski definition) is 1. The molecule has 24 heavy (non-hydrogen) atoms. The van der Waals surface area contributed by atoms with Crippen molar-refractivity contribution in [2.75, 3.05) is 26.3 Å². The van der Waals surface area contributed by atoms with Crippen molar-refractivity contribution in [2.45, 2.75) is 26.0 Å². The van der Waals surface area contributed by atoms with E-state index in [4.69, 9.17) is 9.47 Å². The number of ether oxygens (including phenoxy) is 2. The molecule has 0 bridgehead atoms. The van der Waals surface area contributed by atoms with Gasteiger partial charge in [0.1, 0.15) is 24.8 Å². The van der Waals surface area contributed by atoms with Crippen LogP contribution in [0.15, 0.2) is 36.7 Å². The molecule has 1 N–H and O–H groups in total. The number of fused-ring (bicyclic) bond motifs is 1. The summed E-state index contributed by atoms with van der Waals surface area (Å²) in [5.74, 6) is 1.43. The second-order valence-corrected chi connectivity index (χ2v) is 5.80. The summed E-state index contributed by atoms with van der Waals surface area (Å²) in [7, 11) is 0. The molecule has 0 aliphatic carbocycles. The minimum Gasteiger partial charge on any atom is -0.491 e. The summed E-state index contributed by atoms with van der Waals surface area (Å²) in [6.07, 6.45) is 1.85. The molecule has 0 amide bonds. The highest BCUT2D eigenvalue weighted by atomic mass is 16.5. The van der Waals surface area contributed by atoms with Crippen LogP contribution < -0.4 is 9.47 Å². The van der Waals surface area contributed by atoms with Crippen molar-refractivity contribution >= 4 is 0 Å². The van der Waals surface area contributed by atoms with Crippen LogP contribution in [-0.4, -0.2) is 52.4 Å². The molecule has 0 saturated carbocycles. The summed E-state index contributed by atoms with van der Waals surface area (Å²) < 4.78 is 11.2. The van der Waals surface area contributed by atoms with Crippen LogP contribution in [0.1, 0.15) is 18.2 Å². The quantitative estimate of drug-likeness (QED) is 0.833. The Balaban J connectivity index is 1.55. The van der Waals surface area contributed by atoms with E-state index in [1.54, 1.807) is 6.33 Å². The smallest absolute Gasteiger partial charge is 0.221 e. The first-order valence-electron chi connectivity index (χ1n) is 8.30. The second-order valence-electron chi connectivity index (χ2n) is 5.80. The van der Waals surface area contributed by atoms with Gasteiger partial charge in [-0.3, -0.25) is 4.90 Å². The molecule has 0 saturated heterocycles. The van der Waals surface area contributed by atoms with Gasteiger partial charge in [-0.1, -0.05) is 18.2 Å². The first-order valence-corrected chi connectivity index (χ1v) is 8.30. The van der Waals surface area contributed by atoms with Gasteiger partial charge in [-0.2, -0.15) is 0 Å². The molecule has 0 fully saturated rings. The lowest BCUT2D eigenvalue weighted by Crippen LogP contribution is -2.39. The molecule has 1 aliphatic heterocycles. The van der Waals surface area contributed by atoms with Crippen LogP contribution in [-0.2, 0) is 13.0 Å². The molecule has 0 radical (unpaired) electrons. The van der Waals surface area contributed by atoms with Crippen molar-refractivity contribution < 1.29 is 14.6 Å². The van der Waals surface area contributed by atoms with E-state index >= 15 is 0 Å². The summed E-state index contributed by atoms with van der Waals surface area (Å²) in [6.45, 7) is 4.90. The van der Waals surface area contributed by atoms with E-state index in [-0.39, 0.29) is 6.61 Å². The number of aliphatic hydroxyl groups excluding tert-OH is 1. The fraction of sp³-hybridized carbons (Fsp3) is 0.444. The fourth-order valence-corrected chi connectivity index (χ4v) is 2.85. The van der Waals surface area contributed by atoms with E-state index in [1.165, 1.54) is 0 Å². The Morgan fingerprint density at radius 2 is 2.04 bits per heavy atom. The lowest BCUT2D eigenvalue weighted by atomic mass is 10.1. The SMILES string of the molecule is CCOc1ncnc2c1CN(CC(O)COc1ccccc1)CC2. The zero-order valence-corrected chi connectivity index (χ0v) is 13.9. The first kappa shape index (κ1) is 16.7. The number of nitrogens with zero attached hydrogens (tertiary/aromatic N) is 3. The van der Waals surface area contributed by atoms with Gasteiger partial charge in [0.05, 0.1) is 12.3 Å². The summed E-state index contributed by atoms with van der Waals surface area (Å²) in [6, 6.07) is 9.54. The fourth-order valence-electron chi connectivity index (χ4n) is 2.85. The second kappa shape index (κ2) is 8.08. The average molecular weight is 329 g/mol. The Kier molecular flexibility index (Phi) is 5.61. The number of aliphatic hydroxyl groups is 1. The van der Waals surface area contributed by atoms with E-state index in [0.717, 1.165) is 30.0 Å². The minimum atomic E-state index is -0.549. The van der Waals surface area contributed by atoms with Crippen molar-refractivity contribution in [3.05, 3.63) is 47.9 Å². The first-order chi connectivity index (χ1) is 11.8. The van der Waals surface area contributed by atoms with Crippen molar-refractivity contribution in [1.29, 1.82) is 0 Å². The van der Waals surface area contributed by atoms with Gasteiger partial charge in [0.2, 0.25) is 5.88 Å². The van der Waals surface area contributed by atoms with Crippen LogP contribution in [0.2, 0.25) is 0 Å². The third kappa shape index (κ3) is 4.21. The molecule has 1 aromatic carbocycles. The Bertz CT molecular complexity index is 651. The molecule has 0 spiro atoms. The number of aromatic nitrogens is 2.